The molecule has 0 fully saturated rings. The van der Waals surface area contributed by atoms with E-state index in [1.807, 2.05) is 6.92 Å². The number of methoxy groups -OCH3 is 1. The van der Waals surface area contributed by atoms with Crippen molar-refractivity contribution in [2.24, 2.45) is 0 Å². The summed E-state index contributed by atoms with van der Waals surface area (Å²) >= 11 is 0. The lowest BCUT2D eigenvalue weighted by atomic mass is 10.4. The van der Waals surface area contributed by atoms with E-state index in [0.717, 1.165) is 0 Å². The zero-order valence-corrected chi connectivity index (χ0v) is 7.60. The van der Waals surface area contributed by atoms with Crippen LogP contribution in [0.15, 0.2) is 12.3 Å². The first-order valence-corrected chi connectivity index (χ1v) is 3.93. The Kier molecular flexibility index (Phi) is 3.02. The minimum atomic E-state index is -1.01. The smallest absolute Gasteiger partial charge is 0.356 e. The van der Waals surface area contributed by atoms with E-state index >= 15 is 0 Å². The first-order valence-electron chi connectivity index (χ1n) is 3.93. The Morgan fingerprint density at radius 1 is 1.85 bits per heavy atom. The van der Waals surface area contributed by atoms with Crippen molar-refractivity contribution >= 4 is 5.97 Å². The van der Waals surface area contributed by atoms with Crippen LogP contribution in [0, 0.1) is 0 Å². The zero-order chi connectivity index (χ0) is 9.84. The number of carboxylic acids is 1. The molecule has 1 aromatic heterocycles. The van der Waals surface area contributed by atoms with Crippen molar-refractivity contribution in [3.63, 3.8) is 0 Å². The number of nitrogens with zero attached hydrogens (tertiary/aromatic N) is 2. The molecule has 72 valence electrons. The molecular weight excluding hydrogens is 172 g/mol. The number of hydrogen-bond donors (Lipinski definition) is 1. The van der Waals surface area contributed by atoms with Crippen LogP contribution in [-0.2, 0) is 11.3 Å². The third-order valence-corrected chi connectivity index (χ3v) is 1.71. The van der Waals surface area contributed by atoms with Gasteiger partial charge in [0.25, 0.3) is 0 Å². The fourth-order valence-corrected chi connectivity index (χ4v) is 0.915. The van der Waals surface area contributed by atoms with Gasteiger partial charge in [-0.1, -0.05) is 0 Å². The van der Waals surface area contributed by atoms with Crippen molar-refractivity contribution in [1.82, 2.24) is 9.78 Å². The van der Waals surface area contributed by atoms with Crippen molar-refractivity contribution in [3.8, 4) is 0 Å². The summed E-state index contributed by atoms with van der Waals surface area (Å²) in [6, 6.07) is 1.46. The van der Waals surface area contributed by atoms with Crippen molar-refractivity contribution in [1.29, 1.82) is 0 Å². The number of aromatic carboxylic acids is 1. The molecule has 0 aliphatic carbocycles. The summed E-state index contributed by atoms with van der Waals surface area (Å²) in [5.41, 5.74) is 0.0586. The van der Waals surface area contributed by atoms with Gasteiger partial charge in [0.05, 0.1) is 12.6 Å². The SMILES string of the molecule is COC(C)Cn1ccc(C(=O)O)n1. The first-order chi connectivity index (χ1) is 6.13. The van der Waals surface area contributed by atoms with Gasteiger partial charge in [-0.05, 0) is 13.0 Å². The highest BCUT2D eigenvalue weighted by molar-refractivity contribution is 5.84. The van der Waals surface area contributed by atoms with Crippen LogP contribution in [0.4, 0.5) is 0 Å². The Bertz CT molecular complexity index is 295. The molecule has 0 spiro atoms. The summed E-state index contributed by atoms with van der Waals surface area (Å²) in [6.07, 6.45) is 1.65. The fourth-order valence-electron chi connectivity index (χ4n) is 0.915. The lowest BCUT2D eigenvalue weighted by Crippen LogP contribution is -2.15. The molecular formula is C8H12N2O3. The van der Waals surface area contributed by atoms with Crippen molar-refractivity contribution in [3.05, 3.63) is 18.0 Å². The molecule has 0 aliphatic rings. The van der Waals surface area contributed by atoms with Gasteiger partial charge in [-0.2, -0.15) is 5.10 Å². The summed E-state index contributed by atoms with van der Waals surface area (Å²) < 4.78 is 6.57. The molecule has 1 atom stereocenters. The highest BCUT2D eigenvalue weighted by Crippen LogP contribution is 1.98. The van der Waals surface area contributed by atoms with E-state index in [-0.39, 0.29) is 11.8 Å². The Labute approximate surface area is 75.9 Å². The molecule has 13 heavy (non-hydrogen) atoms. The monoisotopic (exact) mass is 184 g/mol. The van der Waals surface area contributed by atoms with Gasteiger partial charge in [0, 0.05) is 13.3 Å². The molecule has 5 nitrogen and oxygen atoms in total. The average molecular weight is 184 g/mol. The molecule has 0 aliphatic heterocycles. The van der Waals surface area contributed by atoms with Gasteiger partial charge in [0.1, 0.15) is 0 Å². The molecule has 1 rings (SSSR count). The van der Waals surface area contributed by atoms with E-state index in [1.54, 1.807) is 18.0 Å². The van der Waals surface area contributed by atoms with Crippen LogP contribution in [0.3, 0.4) is 0 Å². The Hall–Kier alpha value is -1.36. The van der Waals surface area contributed by atoms with Gasteiger partial charge in [0.2, 0.25) is 0 Å². The summed E-state index contributed by atoms with van der Waals surface area (Å²) in [4.78, 5) is 10.5. The van der Waals surface area contributed by atoms with Crippen LogP contribution < -0.4 is 0 Å². The van der Waals surface area contributed by atoms with Gasteiger partial charge >= 0.3 is 5.97 Å². The lowest BCUT2D eigenvalue weighted by Gasteiger charge is -2.08. The van der Waals surface area contributed by atoms with Gasteiger partial charge in [-0.3, -0.25) is 4.68 Å². The number of aromatic nitrogens is 2. The molecule has 0 radical (unpaired) electrons. The Balaban J connectivity index is 2.64. The highest BCUT2D eigenvalue weighted by atomic mass is 16.5. The molecule has 0 amide bonds. The number of carbonyl (C=O) groups is 1. The molecule has 1 aromatic rings. The van der Waals surface area contributed by atoms with Crippen LogP contribution in [0.1, 0.15) is 17.4 Å². The molecule has 0 aromatic carbocycles. The van der Waals surface area contributed by atoms with Crippen LogP contribution in [-0.4, -0.2) is 34.1 Å². The van der Waals surface area contributed by atoms with E-state index in [0.29, 0.717) is 6.54 Å². The minimum absolute atomic E-state index is 0.0292. The van der Waals surface area contributed by atoms with Crippen LogP contribution >= 0.6 is 0 Å². The predicted molar refractivity (Wildman–Crippen MR) is 45.7 cm³/mol. The van der Waals surface area contributed by atoms with Gasteiger partial charge < -0.3 is 9.84 Å². The summed E-state index contributed by atoms with van der Waals surface area (Å²) in [7, 11) is 1.60. The minimum Gasteiger partial charge on any atom is -0.476 e. The maximum atomic E-state index is 10.5. The third kappa shape index (κ3) is 2.55. The lowest BCUT2D eigenvalue weighted by molar-refractivity contribution is 0.0686. The van der Waals surface area contributed by atoms with E-state index in [2.05, 4.69) is 5.10 Å². The van der Waals surface area contributed by atoms with E-state index in [4.69, 9.17) is 9.84 Å². The van der Waals surface area contributed by atoms with Gasteiger partial charge in [0.15, 0.2) is 5.69 Å². The van der Waals surface area contributed by atoms with Gasteiger partial charge in [-0.25, -0.2) is 4.79 Å². The molecule has 0 bridgehead atoms. The molecule has 5 heteroatoms. The van der Waals surface area contributed by atoms with Crippen molar-refractivity contribution < 1.29 is 14.6 Å². The summed E-state index contributed by atoms with van der Waals surface area (Å²) in [5, 5.41) is 12.4. The van der Waals surface area contributed by atoms with Crippen LogP contribution in [0.5, 0.6) is 0 Å². The molecule has 1 N–H and O–H groups in total. The quantitative estimate of drug-likeness (QED) is 0.744. The first kappa shape index (κ1) is 9.73. The van der Waals surface area contributed by atoms with E-state index in [9.17, 15) is 4.79 Å². The summed E-state index contributed by atoms with van der Waals surface area (Å²) in [6.45, 7) is 2.45. The highest BCUT2D eigenvalue weighted by Gasteiger charge is 2.07. The maximum Gasteiger partial charge on any atom is 0.356 e. The fraction of sp³-hybridized carbons (Fsp3) is 0.500. The number of carboxylic acid groups (broad SMARTS) is 1. The average Bonchev–Trinajstić information content (AvgIpc) is 2.52. The molecule has 1 heterocycles. The normalized spacial score (nSPS) is 12.8. The van der Waals surface area contributed by atoms with E-state index < -0.39 is 5.97 Å². The number of ether oxygens (including phenoxy) is 1. The van der Waals surface area contributed by atoms with Crippen LogP contribution in [0.25, 0.3) is 0 Å². The second-order valence-electron chi connectivity index (χ2n) is 2.77. The van der Waals surface area contributed by atoms with Crippen molar-refractivity contribution in [2.45, 2.75) is 19.6 Å². The molecule has 0 saturated carbocycles. The largest absolute Gasteiger partial charge is 0.476 e. The second kappa shape index (κ2) is 4.04. The summed E-state index contributed by atoms with van der Waals surface area (Å²) in [5.74, 6) is -1.01. The van der Waals surface area contributed by atoms with Gasteiger partial charge in [-0.15, -0.1) is 0 Å². The van der Waals surface area contributed by atoms with E-state index in [1.165, 1.54) is 6.07 Å². The Morgan fingerprint density at radius 2 is 2.54 bits per heavy atom. The van der Waals surface area contributed by atoms with Crippen LogP contribution in [0.2, 0.25) is 0 Å². The standard InChI is InChI=1S/C8H12N2O3/c1-6(13-2)5-10-4-3-7(9-10)8(11)12/h3-4,6H,5H2,1-2H3,(H,11,12). The second-order valence-corrected chi connectivity index (χ2v) is 2.77. The zero-order valence-electron chi connectivity index (χ0n) is 7.60. The molecule has 0 saturated heterocycles. The third-order valence-electron chi connectivity index (χ3n) is 1.71. The number of rotatable bonds is 4. The molecule has 1 unspecified atom stereocenters. The number of hydrogen-bond acceptors (Lipinski definition) is 3. The topological polar surface area (TPSA) is 64.3 Å². The Morgan fingerprint density at radius 3 is 3.00 bits per heavy atom. The predicted octanol–water partition coefficient (Wildman–Crippen LogP) is 0.616. The maximum absolute atomic E-state index is 10.5. The van der Waals surface area contributed by atoms with Crippen molar-refractivity contribution in [2.75, 3.05) is 7.11 Å².